The van der Waals surface area contributed by atoms with Crippen LogP contribution in [0, 0.1) is 0 Å². The van der Waals surface area contributed by atoms with Gasteiger partial charge in [-0.25, -0.2) is 4.79 Å². The Balaban J connectivity index is 4.03. The molecule has 0 spiro atoms. The zero-order valence-corrected chi connectivity index (χ0v) is 9.24. The van der Waals surface area contributed by atoms with E-state index in [1.165, 1.54) is 0 Å². The predicted octanol–water partition coefficient (Wildman–Crippen LogP) is 0.720. The largest absolute Gasteiger partial charge is 0.478 e. The molecule has 0 bridgehead atoms. The van der Waals surface area contributed by atoms with Crippen LogP contribution in [0.25, 0.3) is 0 Å². The number of carboxylic acids is 1. The van der Waals surface area contributed by atoms with Gasteiger partial charge in [-0.3, -0.25) is 4.90 Å². The minimum atomic E-state index is -0.901. The summed E-state index contributed by atoms with van der Waals surface area (Å²) in [5, 5.41) is 18.1. The number of carboxylic acid groups (broad SMARTS) is 1. The molecule has 4 heteroatoms. The normalized spacial score (nSPS) is 13.4. The van der Waals surface area contributed by atoms with E-state index in [1.807, 2.05) is 11.9 Å². The average molecular weight is 201 g/mol. The minimum Gasteiger partial charge on any atom is -0.478 e. The Bertz CT molecular complexity index is 228. The van der Waals surface area contributed by atoms with Crippen LogP contribution in [-0.4, -0.2) is 46.8 Å². The second-order valence-corrected chi connectivity index (χ2v) is 4.20. The summed E-state index contributed by atoms with van der Waals surface area (Å²) in [5.74, 6) is -0.901. The van der Waals surface area contributed by atoms with Crippen molar-refractivity contribution in [3.8, 4) is 0 Å². The molecule has 0 saturated carbocycles. The summed E-state index contributed by atoms with van der Waals surface area (Å²) < 4.78 is 0. The van der Waals surface area contributed by atoms with Crippen LogP contribution >= 0.6 is 0 Å². The maximum absolute atomic E-state index is 10.5. The quantitative estimate of drug-likeness (QED) is 0.643. The summed E-state index contributed by atoms with van der Waals surface area (Å²) in [6, 6.07) is 0. The topological polar surface area (TPSA) is 60.8 Å². The summed E-state index contributed by atoms with van der Waals surface area (Å²) in [4.78, 5) is 12.3. The lowest BCUT2D eigenvalue weighted by atomic mass is 10.1. The second-order valence-electron chi connectivity index (χ2n) is 4.20. The van der Waals surface area contributed by atoms with Crippen molar-refractivity contribution in [3.05, 3.63) is 11.6 Å². The lowest BCUT2D eigenvalue weighted by Gasteiger charge is -2.24. The van der Waals surface area contributed by atoms with Crippen LogP contribution in [0.4, 0.5) is 0 Å². The van der Waals surface area contributed by atoms with E-state index in [0.717, 1.165) is 0 Å². The third-order valence-electron chi connectivity index (χ3n) is 1.70. The Kier molecular flexibility index (Phi) is 4.80. The molecule has 0 radical (unpaired) electrons. The first-order chi connectivity index (χ1) is 6.22. The van der Waals surface area contributed by atoms with Crippen LogP contribution in [0.15, 0.2) is 11.6 Å². The molecule has 0 unspecified atom stereocenters. The Hall–Kier alpha value is -0.870. The van der Waals surface area contributed by atoms with Gasteiger partial charge in [-0.05, 0) is 27.8 Å². The number of aliphatic carboxylic acids is 1. The predicted molar refractivity (Wildman–Crippen MR) is 55.2 cm³/mol. The monoisotopic (exact) mass is 201 g/mol. The molecule has 0 rings (SSSR count). The molecule has 0 saturated heterocycles. The number of nitrogens with zero attached hydrogens (tertiary/aromatic N) is 1. The SMILES string of the molecule is CC(=CCN(C)CC(C)(C)O)C(=O)O. The molecule has 0 aliphatic carbocycles. The first-order valence-electron chi connectivity index (χ1n) is 4.53. The maximum atomic E-state index is 10.5. The van der Waals surface area contributed by atoms with Gasteiger partial charge in [-0.2, -0.15) is 0 Å². The second kappa shape index (κ2) is 5.12. The first-order valence-corrected chi connectivity index (χ1v) is 4.53. The van der Waals surface area contributed by atoms with Crippen molar-refractivity contribution in [2.24, 2.45) is 0 Å². The van der Waals surface area contributed by atoms with E-state index >= 15 is 0 Å². The summed E-state index contributed by atoms with van der Waals surface area (Å²) >= 11 is 0. The Morgan fingerprint density at radius 1 is 1.50 bits per heavy atom. The van der Waals surface area contributed by atoms with Gasteiger partial charge in [0, 0.05) is 18.7 Å². The van der Waals surface area contributed by atoms with Crippen LogP contribution < -0.4 is 0 Å². The number of likely N-dealkylation sites (N-methyl/N-ethyl adjacent to an activating group) is 1. The van der Waals surface area contributed by atoms with E-state index in [9.17, 15) is 9.90 Å². The zero-order chi connectivity index (χ0) is 11.4. The summed E-state index contributed by atoms with van der Waals surface area (Å²) in [6.45, 7) is 6.04. The van der Waals surface area contributed by atoms with Crippen molar-refractivity contribution in [2.75, 3.05) is 20.1 Å². The Morgan fingerprint density at radius 3 is 2.36 bits per heavy atom. The van der Waals surface area contributed by atoms with Crippen molar-refractivity contribution in [3.63, 3.8) is 0 Å². The number of aliphatic hydroxyl groups is 1. The molecular weight excluding hydrogens is 182 g/mol. The number of hydrogen-bond donors (Lipinski definition) is 2. The van der Waals surface area contributed by atoms with Crippen LogP contribution in [-0.2, 0) is 4.79 Å². The molecule has 0 heterocycles. The fraction of sp³-hybridized carbons (Fsp3) is 0.700. The van der Waals surface area contributed by atoms with E-state index in [-0.39, 0.29) is 0 Å². The molecule has 0 aromatic rings. The van der Waals surface area contributed by atoms with Gasteiger partial charge in [0.2, 0.25) is 0 Å². The summed E-state index contributed by atoms with van der Waals surface area (Å²) in [6.07, 6.45) is 1.63. The minimum absolute atomic E-state index is 0.326. The molecule has 0 aliphatic heterocycles. The van der Waals surface area contributed by atoms with Crippen LogP contribution in [0.2, 0.25) is 0 Å². The summed E-state index contributed by atoms with van der Waals surface area (Å²) in [7, 11) is 1.84. The van der Waals surface area contributed by atoms with E-state index in [1.54, 1.807) is 26.8 Å². The summed E-state index contributed by atoms with van der Waals surface area (Å²) in [5.41, 5.74) is -0.424. The number of carbonyl (C=O) groups is 1. The molecule has 0 aliphatic rings. The number of hydrogen-bond acceptors (Lipinski definition) is 3. The zero-order valence-electron chi connectivity index (χ0n) is 9.24. The molecule has 14 heavy (non-hydrogen) atoms. The molecule has 4 nitrogen and oxygen atoms in total. The molecule has 0 amide bonds. The Morgan fingerprint density at radius 2 is 2.00 bits per heavy atom. The van der Waals surface area contributed by atoms with Gasteiger partial charge in [0.05, 0.1) is 5.60 Å². The molecule has 82 valence electrons. The fourth-order valence-electron chi connectivity index (χ4n) is 1.11. The van der Waals surface area contributed by atoms with E-state index < -0.39 is 11.6 Å². The highest BCUT2D eigenvalue weighted by molar-refractivity contribution is 5.85. The van der Waals surface area contributed by atoms with E-state index in [4.69, 9.17) is 5.11 Å². The molecule has 0 atom stereocenters. The van der Waals surface area contributed by atoms with Gasteiger partial charge in [0.1, 0.15) is 0 Å². The van der Waals surface area contributed by atoms with E-state index in [0.29, 0.717) is 18.7 Å². The van der Waals surface area contributed by atoms with Crippen LogP contribution in [0.1, 0.15) is 20.8 Å². The maximum Gasteiger partial charge on any atom is 0.330 e. The van der Waals surface area contributed by atoms with Crippen LogP contribution in [0.3, 0.4) is 0 Å². The molecular formula is C10H19NO3. The standard InChI is InChI=1S/C10H19NO3/c1-8(9(12)13)5-6-11(4)7-10(2,3)14/h5,14H,6-7H2,1-4H3,(H,12,13). The fourth-order valence-corrected chi connectivity index (χ4v) is 1.11. The van der Waals surface area contributed by atoms with Gasteiger partial charge in [-0.15, -0.1) is 0 Å². The van der Waals surface area contributed by atoms with Crippen molar-refractivity contribution in [2.45, 2.75) is 26.4 Å². The van der Waals surface area contributed by atoms with Crippen LogP contribution in [0.5, 0.6) is 0 Å². The lowest BCUT2D eigenvalue weighted by Crippen LogP contribution is -2.36. The van der Waals surface area contributed by atoms with E-state index in [2.05, 4.69) is 0 Å². The van der Waals surface area contributed by atoms with Crippen molar-refractivity contribution >= 4 is 5.97 Å². The Labute approximate surface area is 84.8 Å². The van der Waals surface area contributed by atoms with Crippen molar-refractivity contribution in [1.82, 2.24) is 4.90 Å². The van der Waals surface area contributed by atoms with Gasteiger partial charge >= 0.3 is 5.97 Å². The molecule has 0 aromatic heterocycles. The average Bonchev–Trinajstić information content (AvgIpc) is 1.96. The van der Waals surface area contributed by atoms with Gasteiger partial charge < -0.3 is 10.2 Å². The van der Waals surface area contributed by atoms with Gasteiger partial charge in [-0.1, -0.05) is 6.08 Å². The smallest absolute Gasteiger partial charge is 0.330 e. The molecule has 0 fully saturated rings. The number of rotatable bonds is 5. The van der Waals surface area contributed by atoms with Gasteiger partial charge in [0.25, 0.3) is 0 Å². The molecule has 0 aromatic carbocycles. The van der Waals surface area contributed by atoms with Crippen molar-refractivity contribution < 1.29 is 15.0 Å². The third kappa shape index (κ3) is 6.62. The van der Waals surface area contributed by atoms with Gasteiger partial charge in [0.15, 0.2) is 0 Å². The highest BCUT2D eigenvalue weighted by atomic mass is 16.4. The molecule has 2 N–H and O–H groups in total. The first kappa shape index (κ1) is 13.1. The third-order valence-corrected chi connectivity index (χ3v) is 1.70. The highest BCUT2D eigenvalue weighted by Gasteiger charge is 2.14. The highest BCUT2D eigenvalue weighted by Crippen LogP contribution is 2.03. The lowest BCUT2D eigenvalue weighted by molar-refractivity contribution is -0.132. The van der Waals surface area contributed by atoms with Crippen molar-refractivity contribution in [1.29, 1.82) is 0 Å².